The molecule has 0 spiro atoms. The van der Waals surface area contributed by atoms with E-state index in [-0.39, 0.29) is 0 Å². The molecule has 1 aliphatic rings. The molecular formula is C14H18N2O. The topological polar surface area (TPSA) is 37.0 Å². The van der Waals surface area contributed by atoms with Gasteiger partial charge < -0.3 is 15.0 Å². The van der Waals surface area contributed by atoms with Crippen molar-refractivity contribution in [1.82, 2.24) is 10.3 Å². The van der Waals surface area contributed by atoms with Crippen LogP contribution in [-0.4, -0.2) is 18.1 Å². The number of aryl methyl sites for hydroxylation is 1. The number of rotatable bonds is 1. The normalized spacial score (nSPS) is 19.4. The second kappa shape index (κ2) is 3.77. The van der Waals surface area contributed by atoms with Gasteiger partial charge in [0.1, 0.15) is 5.75 Å². The van der Waals surface area contributed by atoms with Gasteiger partial charge >= 0.3 is 0 Å². The number of fused-ring (bicyclic) bond motifs is 3. The summed E-state index contributed by atoms with van der Waals surface area (Å²) in [5.41, 5.74) is 5.15. The number of aromatic nitrogens is 1. The molecule has 0 saturated heterocycles. The molecular weight excluding hydrogens is 212 g/mol. The van der Waals surface area contributed by atoms with Gasteiger partial charge in [-0.1, -0.05) is 0 Å². The molecule has 3 nitrogen and oxygen atoms in total. The van der Waals surface area contributed by atoms with Crippen LogP contribution in [0.2, 0.25) is 0 Å². The summed E-state index contributed by atoms with van der Waals surface area (Å²) in [6, 6.07) is 4.89. The van der Waals surface area contributed by atoms with Crippen LogP contribution in [0.3, 0.4) is 0 Å². The molecule has 90 valence electrons. The maximum atomic E-state index is 5.46. The third-order valence-electron chi connectivity index (χ3n) is 3.57. The van der Waals surface area contributed by atoms with E-state index in [9.17, 15) is 0 Å². The summed E-state index contributed by atoms with van der Waals surface area (Å²) in [4.78, 5) is 3.50. The molecule has 3 rings (SSSR count). The minimum absolute atomic E-state index is 0.549. The van der Waals surface area contributed by atoms with E-state index in [0.717, 1.165) is 24.2 Å². The van der Waals surface area contributed by atoms with Gasteiger partial charge in [0.15, 0.2) is 0 Å². The Hall–Kier alpha value is -1.48. The van der Waals surface area contributed by atoms with Gasteiger partial charge in [-0.15, -0.1) is 0 Å². The largest absolute Gasteiger partial charge is 0.495 e. The van der Waals surface area contributed by atoms with Crippen LogP contribution in [0.15, 0.2) is 12.1 Å². The smallest absolute Gasteiger partial charge is 0.143 e. The highest BCUT2D eigenvalue weighted by Crippen LogP contribution is 2.33. The van der Waals surface area contributed by atoms with Crippen LogP contribution in [0.4, 0.5) is 0 Å². The highest BCUT2D eigenvalue weighted by atomic mass is 16.5. The molecule has 1 atom stereocenters. The van der Waals surface area contributed by atoms with Crippen LogP contribution in [-0.2, 0) is 13.0 Å². The lowest BCUT2D eigenvalue weighted by Crippen LogP contribution is -2.32. The molecule has 2 aromatic rings. The monoisotopic (exact) mass is 230 g/mol. The van der Waals surface area contributed by atoms with Crippen molar-refractivity contribution in [2.75, 3.05) is 7.11 Å². The van der Waals surface area contributed by atoms with Crippen LogP contribution in [0, 0.1) is 6.92 Å². The Morgan fingerprint density at radius 1 is 1.35 bits per heavy atom. The minimum atomic E-state index is 0.549. The second-order valence-electron chi connectivity index (χ2n) is 4.96. The van der Waals surface area contributed by atoms with Crippen molar-refractivity contribution in [3.8, 4) is 5.75 Å². The summed E-state index contributed by atoms with van der Waals surface area (Å²) in [7, 11) is 1.73. The fourth-order valence-electron chi connectivity index (χ4n) is 2.71. The summed E-state index contributed by atoms with van der Waals surface area (Å²) in [5.74, 6) is 0.946. The van der Waals surface area contributed by atoms with Gasteiger partial charge in [-0.3, -0.25) is 0 Å². The molecule has 0 bridgehead atoms. The number of benzene rings is 1. The molecule has 0 amide bonds. The number of H-pyrrole nitrogens is 1. The molecule has 2 N–H and O–H groups in total. The van der Waals surface area contributed by atoms with E-state index in [1.807, 2.05) is 0 Å². The van der Waals surface area contributed by atoms with Crippen molar-refractivity contribution < 1.29 is 4.74 Å². The van der Waals surface area contributed by atoms with Crippen molar-refractivity contribution in [3.05, 3.63) is 29.0 Å². The van der Waals surface area contributed by atoms with Gasteiger partial charge in [-0.05, 0) is 43.5 Å². The first kappa shape index (κ1) is 10.7. The van der Waals surface area contributed by atoms with Crippen molar-refractivity contribution >= 4 is 10.9 Å². The average molecular weight is 230 g/mol. The number of aromatic amines is 1. The van der Waals surface area contributed by atoms with E-state index < -0.39 is 0 Å². The van der Waals surface area contributed by atoms with Crippen molar-refractivity contribution in [2.24, 2.45) is 0 Å². The molecule has 1 aromatic heterocycles. The van der Waals surface area contributed by atoms with Crippen molar-refractivity contribution in [3.63, 3.8) is 0 Å². The van der Waals surface area contributed by atoms with Crippen molar-refractivity contribution in [2.45, 2.75) is 32.9 Å². The first-order valence-corrected chi connectivity index (χ1v) is 6.10. The summed E-state index contributed by atoms with van der Waals surface area (Å²) in [6.45, 7) is 5.27. The average Bonchev–Trinajstić information content (AvgIpc) is 2.66. The Labute approximate surface area is 101 Å². The number of hydrogen-bond acceptors (Lipinski definition) is 2. The molecule has 0 fully saturated rings. The molecule has 0 radical (unpaired) electrons. The standard InChI is InChI=1S/C14H18N2O/c1-8-4-11-10-6-9(2)15-7-12(10)16-14(11)13(5-8)17-3/h4-5,9,15-16H,6-7H2,1-3H3. The molecule has 1 aliphatic heterocycles. The van der Waals surface area contributed by atoms with E-state index in [0.29, 0.717) is 6.04 Å². The first-order chi connectivity index (χ1) is 8.19. The third-order valence-corrected chi connectivity index (χ3v) is 3.57. The Morgan fingerprint density at radius 3 is 2.94 bits per heavy atom. The van der Waals surface area contributed by atoms with Gasteiger partial charge in [0.2, 0.25) is 0 Å². The van der Waals surface area contributed by atoms with Gasteiger partial charge in [-0.25, -0.2) is 0 Å². The number of hydrogen-bond donors (Lipinski definition) is 2. The number of nitrogens with one attached hydrogen (secondary N) is 2. The van der Waals surface area contributed by atoms with Gasteiger partial charge in [0, 0.05) is 23.7 Å². The lowest BCUT2D eigenvalue weighted by molar-refractivity contribution is 0.418. The van der Waals surface area contributed by atoms with E-state index in [1.54, 1.807) is 7.11 Å². The second-order valence-corrected chi connectivity index (χ2v) is 4.96. The maximum Gasteiger partial charge on any atom is 0.143 e. The van der Waals surface area contributed by atoms with Crippen molar-refractivity contribution in [1.29, 1.82) is 0 Å². The summed E-state index contributed by atoms with van der Waals surface area (Å²) in [5, 5.41) is 4.80. The minimum Gasteiger partial charge on any atom is -0.495 e. The van der Waals surface area contributed by atoms with Crippen LogP contribution >= 0.6 is 0 Å². The molecule has 1 aromatic carbocycles. The Balaban J connectivity index is 2.28. The zero-order chi connectivity index (χ0) is 12.0. The molecule has 3 heteroatoms. The maximum absolute atomic E-state index is 5.46. The summed E-state index contributed by atoms with van der Waals surface area (Å²) < 4.78 is 5.46. The lowest BCUT2D eigenvalue weighted by atomic mass is 9.99. The van der Waals surface area contributed by atoms with Gasteiger partial charge in [0.25, 0.3) is 0 Å². The highest BCUT2D eigenvalue weighted by molar-refractivity contribution is 5.90. The quantitative estimate of drug-likeness (QED) is 0.790. The Morgan fingerprint density at radius 2 is 2.18 bits per heavy atom. The zero-order valence-corrected chi connectivity index (χ0v) is 10.6. The predicted molar refractivity (Wildman–Crippen MR) is 69.6 cm³/mol. The van der Waals surface area contributed by atoms with E-state index >= 15 is 0 Å². The van der Waals surface area contributed by atoms with Crippen LogP contribution in [0.1, 0.15) is 23.7 Å². The molecule has 2 heterocycles. The van der Waals surface area contributed by atoms with Gasteiger partial charge in [0.05, 0.1) is 12.6 Å². The lowest BCUT2D eigenvalue weighted by Gasteiger charge is -2.20. The van der Waals surface area contributed by atoms with Crippen LogP contribution < -0.4 is 10.1 Å². The highest BCUT2D eigenvalue weighted by Gasteiger charge is 2.20. The predicted octanol–water partition coefficient (Wildman–Crippen LogP) is 2.52. The Bertz CT molecular complexity index is 571. The first-order valence-electron chi connectivity index (χ1n) is 6.10. The van der Waals surface area contributed by atoms with Crippen LogP contribution in [0.25, 0.3) is 10.9 Å². The molecule has 17 heavy (non-hydrogen) atoms. The fourth-order valence-corrected chi connectivity index (χ4v) is 2.71. The summed E-state index contributed by atoms with van der Waals surface area (Å²) >= 11 is 0. The van der Waals surface area contributed by atoms with E-state index in [1.165, 1.54) is 22.2 Å². The fraction of sp³-hybridized carbons (Fsp3) is 0.429. The van der Waals surface area contributed by atoms with Gasteiger partial charge in [-0.2, -0.15) is 0 Å². The molecule has 0 saturated carbocycles. The Kier molecular flexibility index (Phi) is 2.37. The zero-order valence-electron chi connectivity index (χ0n) is 10.6. The number of ether oxygens (including phenoxy) is 1. The third kappa shape index (κ3) is 1.62. The number of methoxy groups -OCH3 is 1. The van der Waals surface area contributed by atoms with E-state index in [4.69, 9.17) is 4.74 Å². The molecule has 1 unspecified atom stereocenters. The SMILES string of the molecule is COc1cc(C)cc2c3c([nH]c12)CNC(C)C3. The summed E-state index contributed by atoms with van der Waals surface area (Å²) in [6.07, 6.45) is 1.09. The molecule has 0 aliphatic carbocycles. The van der Waals surface area contributed by atoms with Crippen LogP contribution in [0.5, 0.6) is 5.75 Å². The van der Waals surface area contributed by atoms with E-state index in [2.05, 4.69) is 36.3 Å².